The SMILES string of the molecule is Cc1ccc(Sc2ncc(CO)cn2)cc1. The van der Waals surface area contributed by atoms with Crippen molar-refractivity contribution in [2.45, 2.75) is 23.6 Å². The quantitative estimate of drug-likeness (QED) is 0.826. The average Bonchev–Trinajstić information content (AvgIpc) is 2.33. The molecule has 2 aromatic rings. The molecular weight excluding hydrogens is 220 g/mol. The lowest BCUT2D eigenvalue weighted by Gasteiger charge is -2.01. The highest BCUT2D eigenvalue weighted by molar-refractivity contribution is 7.99. The van der Waals surface area contributed by atoms with Crippen molar-refractivity contribution in [2.24, 2.45) is 0 Å². The van der Waals surface area contributed by atoms with Gasteiger partial charge in [0.15, 0.2) is 5.16 Å². The average molecular weight is 232 g/mol. The second kappa shape index (κ2) is 5.09. The van der Waals surface area contributed by atoms with Gasteiger partial charge in [-0.1, -0.05) is 17.7 Å². The molecule has 0 radical (unpaired) electrons. The Labute approximate surface area is 98.6 Å². The molecule has 0 bridgehead atoms. The van der Waals surface area contributed by atoms with Gasteiger partial charge in [-0.2, -0.15) is 0 Å². The van der Waals surface area contributed by atoms with Gasteiger partial charge in [0.25, 0.3) is 0 Å². The van der Waals surface area contributed by atoms with Crippen LogP contribution in [0, 0.1) is 6.92 Å². The smallest absolute Gasteiger partial charge is 0.192 e. The van der Waals surface area contributed by atoms with Crippen LogP contribution in [0.25, 0.3) is 0 Å². The van der Waals surface area contributed by atoms with Crippen LogP contribution in [-0.4, -0.2) is 15.1 Å². The summed E-state index contributed by atoms with van der Waals surface area (Å²) in [6, 6.07) is 8.21. The third-order valence-corrected chi connectivity index (χ3v) is 3.00. The van der Waals surface area contributed by atoms with Gasteiger partial charge in [0.1, 0.15) is 0 Å². The number of rotatable bonds is 3. The van der Waals surface area contributed by atoms with Crippen molar-refractivity contribution >= 4 is 11.8 Å². The lowest BCUT2D eigenvalue weighted by molar-refractivity contribution is 0.280. The molecule has 0 aliphatic rings. The summed E-state index contributed by atoms with van der Waals surface area (Å²) in [4.78, 5) is 9.43. The normalized spacial score (nSPS) is 10.4. The Hall–Kier alpha value is -1.39. The van der Waals surface area contributed by atoms with E-state index >= 15 is 0 Å². The molecule has 0 saturated carbocycles. The number of benzene rings is 1. The standard InChI is InChI=1S/C12H12N2OS/c1-9-2-4-11(5-3-9)16-12-13-6-10(8-15)7-14-12/h2-7,15H,8H2,1H3. The van der Waals surface area contributed by atoms with Crippen LogP contribution in [0.15, 0.2) is 46.7 Å². The zero-order chi connectivity index (χ0) is 11.4. The van der Waals surface area contributed by atoms with E-state index in [1.54, 1.807) is 12.4 Å². The second-order valence-corrected chi connectivity index (χ2v) is 4.49. The molecule has 0 aliphatic carbocycles. The highest BCUT2D eigenvalue weighted by atomic mass is 32.2. The topological polar surface area (TPSA) is 46.0 Å². The maximum Gasteiger partial charge on any atom is 0.192 e. The Kier molecular flexibility index (Phi) is 3.54. The fraction of sp³-hybridized carbons (Fsp3) is 0.167. The molecule has 0 fully saturated rings. The minimum absolute atomic E-state index is 0.0184. The Balaban J connectivity index is 2.11. The third kappa shape index (κ3) is 2.81. The van der Waals surface area contributed by atoms with E-state index < -0.39 is 0 Å². The van der Waals surface area contributed by atoms with Gasteiger partial charge >= 0.3 is 0 Å². The molecule has 16 heavy (non-hydrogen) atoms. The summed E-state index contributed by atoms with van der Waals surface area (Å²) in [7, 11) is 0. The van der Waals surface area contributed by atoms with Gasteiger partial charge in [0.05, 0.1) is 6.61 Å². The molecule has 1 aromatic heterocycles. The first kappa shape index (κ1) is 11.1. The molecule has 1 aromatic carbocycles. The van der Waals surface area contributed by atoms with E-state index in [-0.39, 0.29) is 6.61 Å². The number of aromatic nitrogens is 2. The van der Waals surface area contributed by atoms with E-state index in [2.05, 4.69) is 29.0 Å². The largest absolute Gasteiger partial charge is 0.392 e. The van der Waals surface area contributed by atoms with Crippen molar-refractivity contribution in [3.05, 3.63) is 47.8 Å². The molecule has 3 nitrogen and oxygen atoms in total. The van der Waals surface area contributed by atoms with Crippen LogP contribution in [0.1, 0.15) is 11.1 Å². The summed E-state index contributed by atoms with van der Waals surface area (Å²) in [6.07, 6.45) is 3.28. The molecule has 4 heteroatoms. The maximum atomic E-state index is 8.86. The fourth-order valence-electron chi connectivity index (χ4n) is 1.19. The van der Waals surface area contributed by atoms with Gasteiger partial charge in [-0.25, -0.2) is 9.97 Å². The van der Waals surface area contributed by atoms with Crippen LogP contribution in [0.5, 0.6) is 0 Å². The number of hydrogen-bond donors (Lipinski definition) is 1. The van der Waals surface area contributed by atoms with Gasteiger partial charge in [-0.3, -0.25) is 0 Å². The molecule has 0 saturated heterocycles. The summed E-state index contributed by atoms with van der Waals surface area (Å²) in [5, 5.41) is 9.56. The zero-order valence-corrected chi connectivity index (χ0v) is 9.74. The van der Waals surface area contributed by atoms with Crippen LogP contribution in [-0.2, 0) is 6.61 Å². The zero-order valence-electron chi connectivity index (χ0n) is 8.92. The summed E-state index contributed by atoms with van der Waals surface area (Å²) >= 11 is 1.51. The summed E-state index contributed by atoms with van der Waals surface area (Å²) in [6.45, 7) is 2.04. The van der Waals surface area contributed by atoms with E-state index in [1.165, 1.54) is 17.3 Å². The Morgan fingerprint density at radius 2 is 1.75 bits per heavy atom. The summed E-state index contributed by atoms with van der Waals surface area (Å²) in [5.41, 5.74) is 1.97. The van der Waals surface area contributed by atoms with Crippen LogP contribution in [0.4, 0.5) is 0 Å². The first-order chi connectivity index (χ1) is 7.78. The molecule has 82 valence electrons. The Bertz CT molecular complexity index is 453. The molecule has 2 rings (SSSR count). The minimum Gasteiger partial charge on any atom is -0.392 e. The predicted octanol–water partition coefficient (Wildman–Crippen LogP) is 2.43. The van der Waals surface area contributed by atoms with Crippen molar-refractivity contribution < 1.29 is 5.11 Å². The molecule has 0 unspecified atom stereocenters. The molecular formula is C12H12N2OS. The van der Waals surface area contributed by atoms with Gasteiger partial charge in [-0.15, -0.1) is 0 Å². The molecule has 1 heterocycles. The molecule has 0 aliphatic heterocycles. The fourth-order valence-corrected chi connectivity index (χ4v) is 1.88. The lowest BCUT2D eigenvalue weighted by atomic mass is 10.2. The molecule has 0 atom stereocenters. The van der Waals surface area contributed by atoms with Crippen molar-refractivity contribution in [2.75, 3.05) is 0 Å². The van der Waals surface area contributed by atoms with Crippen molar-refractivity contribution in [3.8, 4) is 0 Å². The van der Waals surface area contributed by atoms with E-state index in [0.29, 0.717) is 5.16 Å². The van der Waals surface area contributed by atoms with E-state index in [0.717, 1.165) is 10.5 Å². The Morgan fingerprint density at radius 1 is 1.12 bits per heavy atom. The van der Waals surface area contributed by atoms with Crippen LogP contribution >= 0.6 is 11.8 Å². The van der Waals surface area contributed by atoms with E-state index in [9.17, 15) is 0 Å². The lowest BCUT2D eigenvalue weighted by Crippen LogP contribution is -1.90. The van der Waals surface area contributed by atoms with Crippen molar-refractivity contribution in [1.29, 1.82) is 0 Å². The first-order valence-electron chi connectivity index (χ1n) is 4.94. The number of nitrogens with zero attached hydrogens (tertiary/aromatic N) is 2. The number of hydrogen-bond acceptors (Lipinski definition) is 4. The predicted molar refractivity (Wildman–Crippen MR) is 63.3 cm³/mol. The highest BCUT2D eigenvalue weighted by Crippen LogP contribution is 2.24. The van der Waals surface area contributed by atoms with E-state index in [4.69, 9.17) is 5.11 Å². The second-order valence-electron chi connectivity index (χ2n) is 3.45. The van der Waals surface area contributed by atoms with Crippen molar-refractivity contribution in [1.82, 2.24) is 9.97 Å². The molecule has 0 spiro atoms. The highest BCUT2D eigenvalue weighted by Gasteiger charge is 2.00. The van der Waals surface area contributed by atoms with Gasteiger partial charge in [-0.05, 0) is 30.8 Å². The van der Waals surface area contributed by atoms with Gasteiger partial charge < -0.3 is 5.11 Å². The minimum atomic E-state index is -0.0184. The van der Waals surface area contributed by atoms with Crippen LogP contribution < -0.4 is 0 Å². The third-order valence-electron chi connectivity index (χ3n) is 2.09. The van der Waals surface area contributed by atoms with Crippen molar-refractivity contribution in [3.63, 3.8) is 0 Å². The van der Waals surface area contributed by atoms with E-state index in [1.807, 2.05) is 12.1 Å². The molecule has 1 N–H and O–H groups in total. The Morgan fingerprint density at radius 3 is 2.31 bits per heavy atom. The molecule has 0 amide bonds. The summed E-state index contributed by atoms with van der Waals surface area (Å²) < 4.78 is 0. The first-order valence-corrected chi connectivity index (χ1v) is 5.76. The van der Waals surface area contributed by atoms with Gasteiger partial charge in [0, 0.05) is 22.9 Å². The van der Waals surface area contributed by atoms with Gasteiger partial charge in [0.2, 0.25) is 0 Å². The maximum absolute atomic E-state index is 8.86. The number of aliphatic hydroxyl groups excluding tert-OH is 1. The monoisotopic (exact) mass is 232 g/mol. The number of aliphatic hydroxyl groups is 1. The van der Waals surface area contributed by atoms with Crippen LogP contribution in [0.3, 0.4) is 0 Å². The van der Waals surface area contributed by atoms with Crippen LogP contribution in [0.2, 0.25) is 0 Å². The summed E-state index contributed by atoms with van der Waals surface area (Å²) in [5.74, 6) is 0. The number of aryl methyl sites for hydroxylation is 1.